The lowest BCUT2D eigenvalue weighted by Crippen LogP contribution is -2.35. The van der Waals surface area contributed by atoms with Crippen molar-refractivity contribution < 1.29 is 0 Å². The van der Waals surface area contributed by atoms with Crippen LogP contribution in [-0.2, 0) is 0 Å². The molecular formula is C9H19N3. The van der Waals surface area contributed by atoms with Crippen molar-refractivity contribution in [2.75, 3.05) is 20.6 Å². The van der Waals surface area contributed by atoms with Gasteiger partial charge in [0.1, 0.15) is 0 Å². The number of hydrogen-bond donors (Lipinski definition) is 2. The van der Waals surface area contributed by atoms with Crippen molar-refractivity contribution in [2.24, 2.45) is 4.99 Å². The van der Waals surface area contributed by atoms with Gasteiger partial charge in [-0.2, -0.15) is 0 Å². The summed E-state index contributed by atoms with van der Waals surface area (Å²) in [6.45, 7) is 6.83. The molecule has 0 aliphatic heterocycles. The molecule has 0 unspecified atom stereocenters. The van der Waals surface area contributed by atoms with Crippen LogP contribution in [0.4, 0.5) is 0 Å². The Morgan fingerprint density at radius 1 is 1.50 bits per heavy atom. The van der Waals surface area contributed by atoms with E-state index in [1.54, 1.807) is 7.05 Å². The molecule has 0 aromatic heterocycles. The van der Waals surface area contributed by atoms with Gasteiger partial charge in [-0.3, -0.25) is 4.99 Å². The Morgan fingerprint density at radius 2 is 2.17 bits per heavy atom. The largest absolute Gasteiger partial charge is 0.359 e. The summed E-state index contributed by atoms with van der Waals surface area (Å²) in [6, 6.07) is 0. The SMILES string of the molecule is C=C(C)CCCNC(=NC)NC. The first-order chi connectivity index (χ1) is 5.70. The second-order valence-corrected chi connectivity index (χ2v) is 2.81. The summed E-state index contributed by atoms with van der Waals surface area (Å²) in [5.74, 6) is 0.844. The third kappa shape index (κ3) is 5.77. The molecule has 0 heterocycles. The fourth-order valence-electron chi connectivity index (χ4n) is 0.876. The van der Waals surface area contributed by atoms with Crippen LogP contribution >= 0.6 is 0 Å². The van der Waals surface area contributed by atoms with Crippen molar-refractivity contribution in [3.63, 3.8) is 0 Å². The van der Waals surface area contributed by atoms with Crippen LogP contribution in [0, 0.1) is 0 Å². The van der Waals surface area contributed by atoms with Gasteiger partial charge in [0.05, 0.1) is 0 Å². The van der Waals surface area contributed by atoms with Crippen LogP contribution in [0.2, 0.25) is 0 Å². The van der Waals surface area contributed by atoms with Crippen molar-refractivity contribution in [3.8, 4) is 0 Å². The number of rotatable bonds is 4. The number of allylic oxidation sites excluding steroid dienone is 1. The molecule has 0 saturated carbocycles. The summed E-state index contributed by atoms with van der Waals surface area (Å²) < 4.78 is 0. The predicted octanol–water partition coefficient (Wildman–Crippen LogP) is 1.14. The minimum Gasteiger partial charge on any atom is -0.359 e. The molecule has 0 aromatic rings. The quantitative estimate of drug-likeness (QED) is 0.286. The monoisotopic (exact) mass is 169 g/mol. The van der Waals surface area contributed by atoms with E-state index in [2.05, 4.69) is 22.2 Å². The lowest BCUT2D eigenvalue weighted by molar-refractivity contribution is 0.754. The number of guanidine groups is 1. The molecule has 12 heavy (non-hydrogen) atoms. The van der Waals surface area contributed by atoms with E-state index in [0.717, 1.165) is 25.3 Å². The second-order valence-electron chi connectivity index (χ2n) is 2.81. The van der Waals surface area contributed by atoms with E-state index in [9.17, 15) is 0 Å². The Labute approximate surface area is 75.0 Å². The fraction of sp³-hybridized carbons (Fsp3) is 0.667. The number of nitrogens with zero attached hydrogens (tertiary/aromatic N) is 1. The van der Waals surface area contributed by atoms with Crippen LogP contribution in [-0.4, -0.2) is 26.6 Å². The van der Waals surface area contributed by atoms with E-state index in [4.69, 9.17) is 0 Å². The zero-order chi connectivity index (χ0) is 9.40. The highest BCUT2D eigenvalue weighted by molar-refractivity contribution is 5.79. The molecule has 0 fully saturated rings. The third-order valence-electron chi connectivity index (χ3n) is 1.53. The second kappa shape index (κ2) is 6.70. The van der Waals surface area contributed by atoms with Gasteiger partial charge in [-0.25, -0.2) is 0 Å². The first-order valence-corrected chi connectivity index (χ1v) is 4.23. The highest BCUT2D eigenvalue weighted by Crippen LogP contribution is 1.97. The Bertz CT molecular complexity index is 161. The van der Waals surface area contributed by atoms with Crippen LogP contribution in [0.15, 0.2) is 17.1 Å². The van der Waals surface area contributed by atoms with Gasteiger partial charge in [0.15, 0.2) is 5.96 Å². The average Bonchev–Trinajstić information content (AvgIpc) is 2.04. The first-order valence-electron chi connectivity index (χ1n) is 4.23. The maximum Gasteiger partial charge on any atom is 0.190 e. The first kappa shape index (κ1) is 11.0. The summed E-state index contributed by atoms with van der Waals surface area (Å²) >= 11 is 0. The Morgan fingerprint density at radius 3 is 2.58 bits per heavy atom. The molecule has 3 heteroatoms. The van der Waals surface area contributed by atoms with Gasteiger partial charge >= 0.3 is 0 Å². The standard InChI is InChI=1S/C9H19N3/c1-8(2)6-5-7-12-9(10-3)11-4/h1,5-7H2,2-4H3,(H2,10,11,12). The van der Waals surface area contributed by atoms with Crippen molar-refractivity contribution >= 4 is 5.96 Å². The fourth-order valence-corrected chi connectivity index (χ4v) is 0.876. The average molecular weight is 169 g/mol. The van der Waals surface area contributed by atoms with E-state index < -0.39 is 0 Å². The summed E-state index contributed by atoms with van der Waals surface area (Å²) in [4.78, 5) is 4.00. The van der Waals surface area contributed by atoms with Gasteiger partial charge in [-0.1, -0.05) is 5.57 Å². The molecular weight excluding hydrogens is 150 g/mol. The molecule has 0 spiro atoms. The van der Waals surface area contributed by atoms with Crippen LogP contribution in [0.5, 0.6) is 0 Å². The van der Waals surface area contributed by atoms with Crippen LogP contribution < -0.4 is 10.6 Å². The van der Waals surface area contributed by atoms with Crippen LogP contribution in [0.25, 0.3) is 0 Å². The molecule has 3 nitrogen and oxygen atoms in total. The van der Waals surface area contributed by atoms with Crippen LogP contribution in [0.3, 0.4) is 0 Å². The zero-order valence-electron chi connectivity index (χ0n) is 8.28. The van der Waals surface area contributed by atoms with E-state index in [1.165, 1.54) is 5.57 Å². The van der Waals surface area contributed by atoms with Gasteiger partial charge in [0, 0.05) is 20.6 Å². The molecule has 0 bridgehead atoms. The highest BCUT2D eigenvalue weighted by atomic mass is 15.1. The Kier molecular flexibility index (Phi) is 6.15. The maximum atomic E-state index is 4.00. The number of hydrogen-bond acceptors (Lipinski definition) is 1. The van der Waals surface area contributed by atoms with Crippen molar-refractivity contribution in [3.05, 3.63) is 12.2 Å². The normalized spacial score (nSPS) is 11.1. The van der Waals surface area contributed by atoms with E-state index in [-0.39, 0.29) is 0 Å². The van der Waals surface area contributed by atoms with Gasteiger partial charge in [0.2, 0.25) is 0 Å². The molecule has 0 saturated heterocycles. The lowest BCUT2D eigenvalue weighted by Gasteiger charge is -2.07. The minimum atomic E-state index is 0.844. The number of aliphatic imine (C=N–C) groups is 1. The maximum absolute atomic E-state index is 4.00. The molecule has 0 aliphatic rings. The summed E-state index contributed by atoms with van der Waals surface area (Å²) in [5.41, 5.74) is 1.23. The molecule has 0 aliphatic carbocycles. The zero-order valence-corrected chi connectivity index (χ0v) is 8.28. The van der Waals surface area contributed by atoms with Crippen molar-refractivity contribution in [1.29, 1.82) is 0 Å². The predicted molar refractivity (Wildman–Crippen MR) is 54.5 cm³/mol. The molecule has 0 radical (unpaired) electrons. The van der Waals surface area contributed by atoms with Gasteiger partial charge < -0.3 is 10.6 Å². The molecule has 2 N–H and O–H groups in total. The summed E-state index contributed by atoms with van der Waals surface area (Å²) in [7, 11) is 3.62. The molecule has 0 rings (SSSR count). The Balaban J connectivity index is 3.36. The van der Waals surface area contributed by atoms with Gasteiger partial charge in [-0.05, 0) is 19.8 Å². The lowest BCUT2D eigenvalue weighted by atomic mass is 10.2. The van der Waals surface area contributed by atoms with E-state index in [0.29, 0.717) is 0 Å². The summed E-state index contributed by atoms with van der Waals surface area (Å²) in [5, 5.41) is 6.13. The Hall–Kier alpha value is -0.990. The smallest absolute Gasteiger partial charge is 0.190 e. The molecule has 0 atom stereocenters. The van der Waals surface area contributed by atoms with Crippen molar-refractivity contribution in [1.82, 2.24) is 10.6 Å². The number of nitrogens with one attached hydrogen (secondary N) is 2. The third-order valence-corrected chi connectivity index (χ3v) is 1.53. The van der Waals surface area contributed by atoms with E-state index >= 15 is 0 Å². The topological polar surface area (TPSA) is 36.4 Å². The minimum absolute atomic E-state index is 0.844. The van der Waals surface area contributed by atoms with Crippen LogP contribution in [0.1, 0.15) is 19.8 Å². The summed E-state index contributed by atoms with van der Waals surface area (Å²) in [6.07, 6.45) is 2.18. The highest BCUT2D eigenvalue weighted by Gasteiger charge is 1.91. The molecule has 70 valence electrons. The molecule has 0 aromatic carbocycles. The van der Waals surface area contributed by atoms with Gasteiger partial charge in [0.25, 0.3) is 0 Å². The van der Waals surface area contributed by atoms with E-state index in [1.807, 2.05) is 14.0 Å². The van der Waals surface area contributed by atoms with Gasteiger partial charge in [-0.15, -0.1) is 6.58 Å². The van der Waals surface area contributed by atoms with Crippen molar-refractivity contribution in [2.45, 2.75) is 19.8 Å². The molecule has 0 amide bonds.